The summed E-state index contributed by atoms with van der Waals surface area (Å²) in [7, 11) is -4.59. The molecule has 0 amide bonds. The lowest BCUT2D eigenvalue weighted by Gasteiger charge is -2.31. The van der Waals surface area contributed by atoms with Crippen LogP contribution in [0.3, 0.4) is 0 Å². The van der Waals surface area contributed by atoms with Gasteiger partial charge in [-0.2, -0.15) is 8.42 Å². The minimum absolute atomic E-state index is 0.451. The molecule has 110 valence electrons. The summed E-state index contributed by atoms with van der Waals surface area (Å²) in [5.74, 6) is 0. The summed E-state index contributed by atoms with van der Waals surface area (Å²) < 4.78 is 33.9. The first kappa shape index (κ1) is 15.1. The van der Waals surface area contributed by atoms with Crippen LogP contribution in [0.5, 0.6) is 0 Å². The van der Waals surface area contributed by atoms with E-state index in [2.05, 4.69) is 21.3 Å². The molecule has 1 aromatic carbocycles. The Morgan fingerprint density at radius 2 is 2.25 bits per heavy atom. The summed E-state index contributed by atoms with van der Waals surface area (Å²) in [6.07, 6.45) is 1.51. The third-order valence-corrected chi connectivity index (χ3v) is 3.46. The van der Waals surface area contributed by atoms with Crippen LogP contribution in [-0.4, -0.2) is 31.8 Å². The molecular weight excluding hydrogens is 304 g/mol. The molecule has 0 saturated heterocycles. The van der Waals surface area contributed by atoms with Gasteiger partial charge in [-0.05, 0) is 24.6 Å². The van der Waals surface area contributed by atoms with Crippen LogP contribution < -0.4 is 4.90 Å². The molecule has 0 saturated carbocycles. The summed E-state index contributed by atoms with van der Waals surface area (Å²) in [5.41, 5.74) is 2.11. The lowest BCUT2D eigenvalue weighted by Crippen LogP contribution is -2.33. The second-order valence-electron chi connectivity index (χ2n) is 4.44. The van der Waals surface area contributed by atoms with E-state index in [-0.39, 0.29) is 0 Å². The number of benzene rings is 1. The van der Waals surface area contributed by atoms with Crippen LogP contribution in [0.2, 0.25) is 5.02 Å². The van der Waals surface area contributed by atoms with Crippen LogP contribution in [0.1, 0.15) is 25.3 Å². The van der Waals surface area contributed by atoms with Crippen molar-refractivity contribution in [3.63, 3.8) is 0 Å². The SMILES string of the molecule is CCCN1CC/C(=N/OS(=O)(=O)O)c2cc(Cl)ccc21. The van der Waals surface area contributed by atoms with Crippen LogP contribution in [0.25, 0.3) is 0 Å². The third kappa shape index (κ3) is 3.62. The molecule has 1 aromatic rings. The maximum Gasteiger partial charge on any atom is 0.466 e. The minimum Gasteiger partial charge on any atom is -0.371 e. The zero-order valence-electron chi connectivity index (χ0n) is 10.9. The van der Waals surface area contributed by atoms with Gasteiger partial charge < -0.3 is 4.90 Å². The van der Waals surface area contributed by atoms with Gasteiger partial charge in [0.05, 0.1) is 5.71 Å². The van der Waals surface area contributed by atoms with E-state index in [1.807, 2.05) is 6.07 Å². The Balaban J connectivity index is 2.39. The predicted octanol–water partition coefficient (Wildman–Crippen LogP) is 2.48. The van der Waals surface area contributed by atoms with E-state index < -0.39 is 10.4 Å². The van der Waals surface area contributed by atoms with Crippen molar-refractivity contribution in [2.45, 2.75) is 19.8 Å². The quantitative estimate of drug-likeness (QED) is 0.681. The summed E-state index contributed by atoms with van der Waals surface area (Å²) in [6, 6.07) is 5.36. The molecule has 1 N–H and O–H groups in total. The Morgan fingerprint density at radius 3 is 2.90 bits per heavy atom. The van der Waals surface area contributed by atoms with Gasteiger partial charge in [-0.1, -0.05) is 23.7 Å². The number of hydrogen-bond donors (Lipinski definition) is 1. The number of anilines is 1. The highest BCUT2D eigenvalue weighted by Crippen LogP contribution is 2.30. The average Bonchev–Trinajstić information content (AvgIpc) is 2.36. The molecule has 0 aromatic heterocycles. The van der Waals surface area contributed by atoms with Crippen molar-refractivity contribution in [1.29, 1.82) is 0 Å². The Kier molecular flexibility index (Phi) is 4.52. The molecule has 6 nitrogen and oxygen atoms in total. The van der Waals surface area contributed by atoms with E-state index in [0.29, 0.717) is 23.7 Å². The van der Waals surface area contributed by atoms with Crippen molar-refractivity contribution in [1.82, 2.24) is 0 Å². The lowest BCUT2D eigenvalue weighted by atomic mass is 9.99. The van der Waals surface area contributed by atoms with Gasteiger partial charge in [-0.3, -0.25) is 4.55 Å². The fourth-order valence-electron chi connectivity index (χ4n) is 2.20. The molecule has 0 aliphatic carbocycles. The van der Waals surface area contributed by atoms with Gasteiger partial charge in [0.25, 0.3) is 0 Å². The Bertz CT molecular complexity index is 630. The second kappa shape index (κ2) is 5.99. The first-order valence-corrected chi connectivity index (χ1v) is 7.93. The van der Waals surface area contributed by atoms with Crippen molar-refractivity contribution < 1.29 is 17.3 Å². The molecule has 0 radical (unpaired) electrons. The number of oxime groups is 1. The third-order valence-electron chi connectivity index (χ3n) is 2.96. The average molecular weight is 319 g/mol. The highest BCUT2D eigenvalue weighted by molar-refractivity contribution is 7.80. The zero-order valence-corrected chi connectivity index (χ0v) is 12.5. The van der Waals surface area contributed by atoms with Crippen molar-refractivity contribution >= 4 is 33.4 Å². The first-order valence-electron chi connectivity index (χ1n) is 6.18. The minimum atomic E-state index is -4.59. The summed E-state index contributed by atoms with van der Waals surface area (Å²) in [5, 5.41) is 4.05. The maximum absolute atomic E-state index is 10.6. The van der Waals surface area contributed by atoms with Gasteiger partial charge in [0.1, 0.15) is 0 Å². The Labute approximate surface area is 122 Å². The molecule has 1 aliphatic rings. The zero-order chi connectivity index (χ0) is 14.8. The smallest absolute Gasteiger partial charge is 0.371 e. The summed E-state index contributed by atoms with van der Waals surface area (Å²) in [6.45, 7) is 3.68. The highest BCUT2D eigenvalue weighted by atomic mass is 35.5. The van der Waals surface area contributed by atoms with Crippen molar-refractivity contribution in [3.8, 4) is 0 Å². The van der Waals surface area contributed by atoms with E-state index in [9.17, 15) is 8.42 Å². The van der Waals surface area contributed by atoms with Gasteiger partial charge >= 0.3 is 10.4 Å². The van der Waals surface area contributed by atoms with E-state index in [1.54, 1.807) is 12.1 Å². The largest absolute Gasteiger partial charge is 0.466 e. The molecule has 1 aliphatic heterocycles. The van der Waals surface area contributed by atoms with Crippen LogP contribution in [-0.2, 0) is 14.7 Å². The topological polar surface area (TPSA) is 79.2 Å². The van der Waals surface area contributed by atoms with Crippen molar-refractivity contribution in [2.75, 3.05) is 18.0 Å². The van der Waals surface area contributed by atoms with Crippen LogP contribution in [0.15, 0.2) is 23.4 Å². The molecule has 1 heterocycles. The fourth-order valence-corrected chi connectivity index (χ4v) is 2.56. The van der Waals surface area contributed by atoms with Gasteiger partial charge in [0.2, 0.25) is 0 Å². The molecule has 0 fully saturated rings. The summed E-state index contributed by atoms with van der Waals surface area (Å²) in [4.78, 5) is 2.18. The van der Waals surface area contributed by atoms with E-state index in [1.165, 1.54) is 0 Å². The van der Waals surface area contributed by atoms with E-state index in [4.69, 9.17) is 16.2 Å². The van der Waals surface area contributed by atoms with E-state index in [0.717, 1.165) is 24.2 Å². The van der Waals surface area contributed by atoms with Crippen LogP contribution in [0, 0.1) is 0 Å². The van der Waals surface area contributed by atoms with Crippen molar-refractivity contribution in [2.24, 2.45) is 5.16 Å². The van der Waals surface area contributed by atoms with Crippen molar-refractivity contribution in [3.05, 3.63) is 28.8 Å². The molecule has 20 heavy (non-hydrogen) atoms. The number of halogens is 1. The molecular formula is C12H15ClN2O4S. The highest BCUT2D eigenvalue weighted by Gasteiger charge is 2.22. The van der Waals surface area contributed by atoms with Gasteiger partial charge in [-0.15, -0.1) is 0 Å². The molecule has 2 rings (SSSR count). The van der Waals surface area contributed by atoms with Crippen LogP contribution >= 0.6 is 11.6 Å². The van der Waals surface area contributed by atoms with Crippen LogP contribution in [0.4, 0.5) is 5.69 Å². The number of fused-ring (bicyclic) bond motifs is 1. The lowest BCUT2D eigenvalue weighted by molar-refractivity contribution is 0.281. The predicted molar refractivity (Wildman–Crippen MR) is 77.7 cm³/mol. The number of hydrogen-bond acceptors (Lipinski definition) is 5. The monoisotopic (exact) mass is 318 g/mol. The van der Waals surface area contributed by atoms with Gasteiger partial charge in [-0.25, -0.2) is 4.28 Å². The standard InChI is InChI=1S/C12H15ClN2O4S/c1-2-6-15-7-5-11(14-19-20(16,17)18)10-8-9(13)3-4-12(10)15/h3-4,8H,2,5-7H2,1H3,(H,16,17,18)/b14-11-. The van der Waals surface area contributed by atoms with Gasteiger partial charge in [0, 0.05) is 35.8 Å². The normalized spacial score (nSPS) is 17.1. The van der Waals surface area contributed by atoms with E-state index >= 15 is 0 Å². The Hall–Kier alpha value is -1.31. The molecule has 0 bridgehead atoms. The first-order chi connectivity index (χ1) is 9.40. The number of nitrogens with zero attached hydrogens (tertiary/aromatic N) is 2. The molecule has 0 spiro atoms. The Morgan fingerprint density at radius 1 is 1.50 bits per heavy atom. The maximum atomic E-state index is 10.6. The molecule has 8 heteroatoms. The molecule has 0 atom stereocenters. The summed E-state index contributed by atoms with van der Waals surface area (Å²) >= 11 is 5.97. The molecule has 0 unspecified atom stereocenters. The number of rotatable bonds is 4. The van der Waals surface area contributed by atoms with Gasteiger partial charge in [0.15, 0.2) is 0 Å². The fraction of sp³-hybridized carbons (Fsp3) is 0.417. The second-order valence-corrected chi connectivity index (χ2v) is 5.88.